The van der Waals surface area contributed by atoms with Crippen LogP contribution in [0.4, 0.5) is 0 Å². The van der Waals surface area contributed by atoms with Crippen LogP contribution in [0.5, 0.6) is 0 Å². The molecular weight excluding hydrogens is 1450 g/mol. The molecule has 14 nitrogen and oxygen atoms in total. The van der Waals surface area contributed by atoms with Gasteiger partial charge in [-0.05, 0) is 384 Å². The first-order valence-electron chi connectivity index (χ1n) is 49.5. The van der Waals surface area contributed by atoms with Crippen molar-refractivity contribution in [3.05, 3.63) is 0 Å². The summed E-state index contributed by atoms with van der Waals surface area (Å²) in [6, 6.07) is 0. The lowest BCUT2D eigenvalue weighted by Crippen LogP contribution is -2.54. The average Bonchev–Trinajstić information content (AvgIpc) is 0.902. The van der Waals surface area contributed by atoms with Crippen molar-refractivity contribution in [1.82, 2.24) is 64.5 Å². The third-order valence-corrected chi connectivity index (χ3v) is 27.6. The number of hydrogen-bond donors (Lipinski definition) is 2. The number of piperazine rings is 3. The van der Waals surface area contributed by atoms with E-state index in [1.54, 1.807) is 0 Å². The molecule has 0 amide bonds. The summed E-state index contributed by atoms with van der Waals surface area (Å²) in [6.45, 7) is 135. The van der Waals surface area contributed by atoms with Gasteiger partial charge in [0.25, 0.3) is 0 Å². The highest BCUT2D eigenvalue weighted by Crippen LogP contribution is 2.39. The van der Waals surface area contributed by atoms with E-state index in [-0.39, 0.29) is 16.7 Å². The molecule has 0 aromatic heterocycles. The van der Waals surface area contributed by atoms with E-state index in [1.807, 2.05) is 0 Å². The fraction of sp³-hybridized carbons (Fsp3) is 1.00. The van der Waals surface area contributed by atoms with Gasteiger partial charge in [-0.15, -0.1) is 0 Å². The molecule has 0 spiro atoms. The minimum atomic E-state index is 0.00370. The Morgan fingerprint density at radius 2 is 0.466 bits per heavy atom. The van der Waals surface area contributed by atoms with Crippen molar-refractivity contribution in [3.63, 3.8) is 0 Å². The highest BCUT2D eigenvalue weighted by molar-refractivity contribution is 4.92. The van der Waals surface area contributed by atoms with E-state index < -0.39 is 0 Å². The molecule has 1 unspecified atom stereocenters. The highest BCUT2D eigenvalue weighted by atomic mass is 16.5. The van der Waals surface area contributed by atoms with Crippen LogP contribution in [0.3, 0.4) is 0 Å². The first kappa shape index (κ1) is 114. The van der Waals surface area contributed by atoms with E-state index in [9.17, 15) is 0 Å². The maximum absolute atomic E-state index is 5.78. The molecule has 0 radical (unpaired) electrons. The first-order valence-corrected chi connectivity index (χ1v) is 49.5. The van der Waals surface area contributed by atoms with Crippen LogP contribution in [0, 0.1) is 62.1 Å². The lowest BCUT2D eigenvalue weighted by Gasteiger charge is -2.44. The van der Waals surface area contributed by atoms with Crippen molar-refractivity contribution < 1.29 is 4.74 Å². The van der Waals surface area contributed by atoms with Gasteiger partial charge in [0.15, 0.2) is 0 Å². The first-order chi connectivity index (χ1) is 53.3. The summed E-state index contributed by atoms with van der Waals surface area (Å²) in [4.78, 5) is 28.8. The molecule has 8 saturated heterocycles. The third kappa shape index (κ3) is 52.0. The number of nitrogens with one attached hydrogen (secondary N) is 2. The van der Waals surface area contributed by atoms with Gasteiger partial charge in [-0.25, -0.2) is 0 Å². The molecule has 0 saturated carbocycles. The Labute approximate surface area is 742 Å². The molecule has 8 aliphatic rings. The molecular formula is C104H219N13O. The van der Waals surface area contributed by atoms with Crippen molar-refractivity contribution in [3.8, 4) is 0 Å². The molecule has 1 atom stereocenters. The molecule has 14 heteroatoms. The summed E-state index contributed by atoms with van der Waals surface area (Å²) in [5.41, 5.74) is 5.18. The highest BCUT2D eigenvalue weighted by Gasteiger charge is 2.37. The second kappa shape index (κ2) is 49.3. The molecule has 8 rings (SSSR count). The summed E-state index contributed by atoms with van der Waals surface area (Å²) < 4.78 is 5.78. The lowest BCUT2D eigenvalue weighted by molar-refractivity contribution is -0.0184. The quantitative estimate of drug-likeness (QED) is 0.154. The van der Waals surface area contributed by atoms with Gasteiger partial charge in [-0.3, -0.25) is 29.4 Å². The Kier molecular flexibility index (Phi) is 47.4. The number of nitrogens with zero attached hydrogens (tertiary/aromatic N) is 11. The molecule has 0 aliphatic carbocycles. The lowest BCUT2D eigenvalue weighted by atomic mass is 9.75. The minimum Gasteiger partial charge on any atom is -0.375 e. The van der Waals surface area contributed by atoms with Crippen LogP contribution in [-0.2, 0) is 4.74 Å². The zero-order chi connectivity index (χ0) is 90.8. The van der Waals surface area contributed by atoms with E-state index >= 15 is 0 Å². The largest absolute Gasteiger partial charge is 0.375 e. The van der Waals surface area contributed by atoms with Gasteiger partial charge < -0.3 is 39.9 Å². The fourth-order valence-electron chi connectivity index (χ4n) is 18.1. The minimum absolute atomic E-state index is 0.00370. The smallest absolute Gasteiger partial charge is 0.0600 e. The maximum Gasteiger partial charge on any atom is 0.0600 e. The van der Waals surface area contributed by atoms with Gasteiger partial charge in [-0.2, -0.15) is 0 Å². The van der Waals surface area contributed by atoms with Gasteiger partial charge in [-0.1, -0.05) is 125 Å². The number of hydrogen-bond acceptors (Lipinski definition) is 14. The summed E-state index contributed by atoms with van der Waals surface area (Å²) in [5, 5.41) is 7.12. The van der Waals surface area contributed by atoms with Crippen molar-refractivity contribution in [2.45, 2.75) is 412 Å². The Hall–Kier alpha value is -0.560. The summed E-state index contributed by atoms with van der Waals surface area (Å²) in [7, 11) is 0. The van der Waals surface area contributed by atoms with Gasteiger partial charge in [0.2, 0.25) is 0 Å². The van der Waals surface area contributed by atoms with E-state index in [1.165, 1.54) is 254 Å². The molecule has 118 heavy (non-hydrogen) atoms. The molecule has 0 aromatic carbocycles. The number of ether oxygens (including phenoxy) is 1. The van der Waals surface area contributed by atoms with Crippen LogP contribution in [0.2, 0.25) is 0 Å². The Balaban J connectivity index is 0.000000468. The Morgan fingerprint density at radius 1 is 0.237 bits per heavy atom. The summed E-state index contributed by atoms with van der Waals surface area (Å²) in [5.74, 6) is 4.57. The molecule has 8 aliphatic heterocycles. The third-order valence-electron chi connectivity index (χ3n) is 27.6. The molecule has 0 bridgehead atoms. The fourth-order valence-corrected chi connectivity index (χ4v) is 18.1. The number of piperidine rings is 4. The number of rotatable bonds is 16. The standard InChI is InChI=1S/C18H37N3.C15H32N2.C15H31NO.C15H31N.C14H31N3.C14H30N2.C13H27N/c1-17(2,3)20-13-11-19(12-14-20)9-7-16-8-10-21(15-16)18(4,5)6;1-14(2,3)13-7-10-17(11-8-13)12-9-16-15(4,5)6;1-14(2,3)13-7-9-16(10-8-13)11-12-17-15(4,5)6;1-14(2,3)9-12-16-10-7-13(8-11-16)15(4,5)6;1-13(2,3)15-7-8-16-9-11-17(12-10-16)14(4,5)6;1-13(2,3)7-8-15-9-11-16(12-10-15)14(4,5)6;1-12(2,3)11-7-9-14(10-8-11)13(4,5)6/h16H,7-15H2,1-6H3;13,16H,7-12H2,1-6H3;13H,7-12H2,1-6H3;13H,7-12H2,1-6H3;15H,7-12H2,1-6H3;7-12H2,1-6H3;11H,7-10H2,1-6H3. The molecule has 8 fully saturated rings. The monoisotopic (exact) mass is 1670 g/mol. The molecule has 2 N–H and O–H groups in total. The average molecular weight is 1670 g/mol. The number of likely N-dealkylation sites (tertiary alicyclic amines) is 5. The summed E-state index contributed by atoms with van der Waals surface area (Å²) >= 11 is 0. The van der Waals surface area contributed by atoms with Crippen molar-refractivity contribution >= 4 is 0 Å². The van der Waals surface area contributed by atoms with Gasteiger partial charge >= 0.3 is 0 Å². The predicted octanol–water partition coefficient (Wildman–Crippen LogP) is 22.0. The van der Waals surface area contributed by atoms with Gasteiger partial charge in [0, 0.05) is 157 Å². The van der Waals surface area contributed by atoms with Crippen molar-refractivity contribution in [1.29, 1.82) is 0 Å². The van der Waals surface area contributed by atoms with Crippen LogP contribution in [0.15, 0.2) is 0 Å². The second-order valence-electron chi connectivity index (χ2n) is 53.2. The van der Waals surface area contributed by atoms with Crippen LogP contribution in [0.1, 0.15) is 368 Å². The molecule has 8 heterocycles. The van der Waals surface area contributed by atoms with Crippen molar-refractivity contribution in [2.75, 3.05) is 203 Å². The summed E-state index contributed by atoms with van der Waals surface area (Å²) in [6.07, 6.45) is 16.4. The zero-order valence-electron chi connectivity index (χ0n) is 88.6. The van der Waals surface area contributed by atoms with Crippen LogP contribution in [-0.4, -0.2) is 301 Å². The normalized spacial score (nSPS) is 22.4. The van der Waals surface area contributed by atoms with Crippen molar-refractivity contribution in [2.24, 2.45) is 62.1 Å². The van der Waals surface area contributed by atoms with Crippen LogP contribution >= 0.6 is 0 Å². The van der Waals surface area contributed by atoms with Gasteiger partial charge in [0.05, 0.1) is 12.2 Å². The van der Waals surface area contributed by atoms with E-state index in [4.69, 9.17) is 4.74 Å². The van der Waals surface area contributed by atoms with E-state index in [2.05, 4.69) is 355 Å². The Morgan fingerprint density at radius 3 is 0.712 bits per heavy atom. The van der Waals surface area contributed by atoms with E-state index in [0.717, 1.165) is 55.8 Å². The SMILES string of the molecule is CC(C)(C)C1CCN(C(C)(C)C)CC1.CC(C)(C)CCN1CCC(C(C)(C)C)CC1.CC(C)(C)CCN1CCN(C(C)(C)C)CC1.CC(C)(C)N1CCN(CCC2CCN(C(C)(C)C)C2)CC1.CC(C)(C)NCCN1CCC(C(C)(C)C)CC1.CC(C)(C)NCCN1CCN(C(C)(C)C)CC1.CC(C)(C)OCCN1CCC(C(C)(C)C)CC1. The van der Waals surface area contributed by atoms with Crippen LogP contribution in [0.25, 0.3) is 0 Å². The van der Waals surface area contributed by atoms with Gasteiger partial charge in [0.1, 0.15) is 0 Å². The van der Waals surface area contributed by atoms with E-state index in [0.29, 0.717) is 60.2 Å². The van der Waals surface area contributed by atoms with Crippen LogP contribution < -0.4 is 10.6 Å². The zero-order valence-corrected chi connectivity index (χ0v) is 88.6. The molecule has 0 aromatic rings. The molecule has 706 valence electrons. The maximum atomic E-state index is 5.78. The predicted molar refractivity (Wildman–Crippen MR) is 526 cm³/mol. The Bertz CT molecular complexity index is 2340. The topological polar surface area (TPSA) is 68.9 Å². The second-order valence-corrected chi connectivity index (χ2v) is 53.2.